The van der Waals surface area contributed by atoms with Gasteiger partial charge in [0.1, 0.15) is 0 Å². The highest BCUT2D eigenvalue weighted by Gasteiger charge is 2.33. The van der Waals surface area contributed by atoms with Gasteiger partial charge in [-0.05, 0) is 65.7 Å². The third-order valence-corrected chi connectivity index (χ3v) is 7.85. The van der Waals surface area contributed by atoms with Gasteiger partial charge in [-0.3, -0.25) is 4.79 Å². The van der Waals surface area contributed by atoms with E-state index in [4.69, 9.17) is 4.74 Å². The SMILES string of the molecule is CCCc1ccc2c(c1F)OC(=O)C(c1ccc(C(C)C3CCC(CCC)CC3)cc1)C2. The zero-order chi connectivity index (χ0) is 22.7. The summed E-state index contributed by atoms with van der Waals surface area (Å²) >= 11 is 0. The molecule has 1 fully saturated rings. The first-order valence-electron chi connectivity index (χ1n) is 12.6. The van der Waals surface area contributed by atoms with E-state index in [0.717, 1.165) is 29.4 Å². The molecule has 3 heteroatoms. The molecule has 2 unspecified atom stereocenters. The summed E-state index contributed by atoms with van der Waals surface area (Å²) in [6.45, 7) is 6.65. The average molecular weight is 437 g/mol. The highest BCUT2D eigenvalue weighted by molar-refractivity contribution is 5.83. The Hall–Kier alpha value is -2.16. The molecule has 172 valence electrons. The summed E-state index contributed by atoms with van der Waals surface area (Å²) in [4.78, 5) is 12.7. The summed E-state index contributed by atoms with van der Waals surface area (Å²) in [5, 5.41) is 0. The van der Waals surface area contributed by atoms with Gasteiger partial charge < -0.3 is 4.74 Å². The summed E-state index contributed by atoms with van der Waals surface area (Å²) in [5.74, 6) is 1.27. The third kappa shape index (κ3) is 4.77. The lowest BCUT2D eigenvalue weighted by atomic mass is 9.73. The Balaban J connectivity index is 1.44. The van der Waals surface area contributed by atoms with Gasteiger partial charge in [0.05, 0.1) is 5.92 Å². The standard InChI is InChI=1S/C29H37FO2/c1-4-6-20-8-10-21(11-9-20)19(3)22-12-14-23(15-13-22)26-18-25-17-16-24(7-5-2)27(30)28(25)32-29(26)31/h12-17,19-21,26H,4-11,18H2,1-3H3. The van der Waals surface area contributed by atoms with E-state index in [2.05, 4.69) is 38.1 Å². The van der Waals surface area contributed by atoms with Gasteiger partial charge in [-0.25, -0.2) is 4.39 Å². The van der Waals surface area contributed by atoms with Crippen molar-refractivity contribution in [3.05, 3.63) is 64.5 Å². The first-order valence-corrected chi connectivity index (χ1v) is 12.6. The van der Waals surface area contributed by atoms with Gasteiger partial charge in [0.25, 0.3) is 0 Å². The van der Waals surface area contributed by atoms with Gasteiger partial charge in [-0.2, -0.15) is 0 Å². The molecule has 32 heavy (non-hydrogen) atoms. The Bertz CT molecular complexity index is 925. The molecular formula is C29H37FO2. The predicted molar refractivity (Wildman–Crippen MR) is 128 cm³/mol. The summed E-state index contributed by atoms with van der Waals surface area (Å²) in [7, 11) is 0. The number of esters is 1. The van der Waals surface area contributed by atoms with Crippen molar-refractivity contribution >= 4 is 5.97 Å². The molecule has 0 amide bonds. The monoisotopic (exact) mass is 436 g/mol. The molecule has 2 aromatic carbocycles. The molecule has 1 aliphatic heterocycles. The van der Waals surface area contributed by atoms with Crippen LogP contribution in [-0.2, 0) is 17.6 Å². The molecule has 0 saturated heterocycles. The lowest BCUT2D eigenvalue weighted by molar-refractivity contribution is -0.137. The van der Waals surface area contributed by atoms with Crippen LogP contribution in [0.2, 0.25) is 0 Å². The molecule has 0 spiro atoms. The fourth-order valence-electron chi connectivity index (χ4n) is 5.79. The number of benzene rings is 2. The van der Waals surface area contributed by atoms with E-state index in [1.165, 1.54) is 44.1 Å². The maximum Gasteiger partial charge on any atom is 0.319 e. The molecule has 1 aliphatic carbocycles. The molecule has 0 aromatic heterocycles. The lowest BCUT2D eigenvalue weighted by Gasteiger charge is -2.32. The van der Waals surface area contributed by atoms with Gasteiger partial charge in [0, 0.05) is 0 Å². The van der Waals surface area contributed by atoms with Gasteiger partial charge in [-0.1, -0.05) is 89.3 Å². The number of halogens is 1. The fraction of sp³-hybridized carbons (Fsp3) is 0.552. The van der Waals surface area contributed by atoms with Gasteiger partial charge in [0.15, 0.2) is 11.6 Å². The van der Waals surface area contributed by atoms with E-state index in [1.807, 2.05) is 19.1 Å². The van der Waals surface area contributed by atoms with Gasteiger partial charge >= 0.3 is 5.97 Å². The van der Waals surface area contributed by atoms with E-state index in [0.29, 0.717) is 24.3 Å². The Morgan fingerprint density at radius 3 is 2.38 bits per heavy atom. The first kappa shape index (κ1) is 23.0. The molecule has 1 heterocycles. The number of fused-ring (bicyclic) bond motifs is 1. The highest BCUT2D eigenvalue weighted by atomic mass is 19.1. The minimum absolute atomic E-state index is 0.140. The van der Waals surface area contributed by atoms with Gasteiger partial charge in [0.2, 0.25) is 0 Å². The Morgan fingerprint density at radius 2 is 1.72 bits per heavy atom. The smallest absolute Gasteiger partial charge is 0.319 e. The molecule has 2 aliphatic rings. The second kappa shape index (κ2) is 10.2. The van der Waals surface area contributed by atoms with Crippen molar-refractivity contribution in [2.75, 3.05) is 0 Å². The first-order chi connectivity index (χ1) is 15.5. The third-order valence-electron chi connectivity index (χ3n) is 7.85. The van der Waals surface area contributed by atoms with Crippen LogP contribution in [0.4, 0.5) is 4.39 Å². The molecule has 2 atom stereocenters. The maximum absolute atomic E-state index is 14.8. The van der Waals surface area contributed by atoms with Crippen molar-refractivity contribution < 1.29 is 13.9 Å². The Kier molecular flexibility index (Phi) is 7.33. The zero-order valence-electron chi connectivity index (χ0n) is 19.8. The van der Waals surface area contributed by atoms with Crippen molar-refractivity contribution in [3.63, 3.8) is 0 Å². The Morgan fingerprint density at radius 1 is 1.00 bits per heavy atom. The molecule has 0 radical (unpaired) electrons. The molecule has 2 nitrogen and oxygen atoms in total. The average Bonchev–Trinajstić information content (AvgIpc) is 2.81. The fourth-order valence-corrected chi connectivity index (χ4v) is 5.79. The van der Waals surface area contributed by atoms with E-state index >= 15 is 0 Å². The highest BCUT2D eigenvalue weighted by Crippen LogP contribution is 2.40. The quantitative estimate of drug-likeness (QED) is 0.328. The minimum Gasteiger partial charge on any atom is -0.423 e. The van der Waals surface area contributed by atoms with Crippen molar-refractivity contribution in [2.45, 2.75) is 90.4 Å². The zero-order valence-corrected chi connectivity index (χ0v) is 19.8. The molecule has 2 aromatic rings. The molecular weight excluding hydrogens is 399 g/mol. The number of hydrogen-bond donors (Lipinski definition) is 0. The molecule has 0 N–H and O–H groups in total. The number of aryl methyl sites for hydroxylation is 1. The number of ether oxygens (including phenoxy) is 1. The largest absolute Gasteiger partial charge is 0.423 e. The second-order valence-electron chi connectivity index (χ2n) is 9.98. The van der Waals surface area contributed by atoms with E-state index in [1.54, 1.807) is 0 Å². The Labute approximate surface area is 192 Å². The van der Waals surface area contributed by atoms with Crippen LogP contribution in [0.1, 0.15) is 99.8 Å². The van der Waals surface area contributed by atoms with Crippen LogP contribution in [0.5, 0.6) is 5.75 Å². The number of rotatable bonds is 7. The predicted octanol–water partition coefficient (Wildman–Crippen LogP) is 7.73. The van der Waals surface area contributed by atoms with Crippen LogP contribution < -0.4 is 4.74 Å². The van der Waals surface area contributed by atoms with Crippen molar-refractivity contribution in [2.24, 2.45) is 11.8 Å². The van der Waals surface area contributed by atoms with E-state index < -0.39 is 0 Å². The normalized spacial score (nSPS) is 24.0. The van der Waals surface area contributed by atoms with Crippen LogP contribution >= 0.6 is 0 Å². The van der Waals surface area contributed by atoms with Crippen LogP contribution in [0, 0.1) is 17.7 Å². The number of carbonyl (C=O) groups excluding carboxylic acids is 1. The molecule has 1 saturated carbocycles. The molecule has 4 rings (SSSR count). The number of hydrogen-bond acceptors (Lipinski definition) is 2. The summed E-state index contributed by atoms with van der Waals surface area (Å²) in [6.07, 6.45) is 10.1. The summed E-state index contributed by atoms with van der Waals surface area (Å²) in [6, 6.07) is 12.3. The molecule has 0 bridgehead atoms. The van der Waals surface area contributed by atoms with Crippen LogP contribution in [-0.4, -0.2) is 5.97 Å². The van der Waals surface area contributed by atoms with Crippen molar-refractivity contribution in [1.29, 1.82) is 0 Å². The van der Waals surface area contributed by atoms with Crippen molar-refractivity contribution in [3.8, 4) is 5.75 Å². The van der Waals surface area contributed by atoms with E-state index in [-0.39, 0.29) is 23.5 Å². The second-order valence-corrected chi connectivity index (χ2v) is 9.98. The van der Waals surface area contributed by atoms with E-state index in [9.17, 15) is 9.18 Å². The topological polar surface area (TPSA) is 26.3 Å². The van der Waals surface area contributed by atoms with Gasteiger partial charge in [-0.15, -0.1) is 0 Å². The summed E-state index contributed by atoms with van der Waals surface area (Å²) in [5.41, 5.74) is 3.72. The van der Waals surface area contributed by atoms with Crippen LogP contribution in [0.15, 0.2) is 36.4 Å². The summed E-state index contributed by atoms with van der Waals surface area (Å²) < 4.78 is 20.3. The van der Waals surface area contributed by atoms with Crippen LogP contribution in [0.3, 0.4) is 0 Å². The maximum atomic E-state index is 14.8. The number of carbonyl (C=O) groups is 1. The minimum atomic E-state index is -0.368. The van der Waals surface area contributed by atoms with Crippen LogP contribution in [0.25, 0.3) is 0 Å². The van der Waals surface area contributed by atoms with Crippen molar-refractivity contribution in [1.82, 2.24) is 0 Å². The lowest BCUT2D eigenvalue weighted by Crippen LogP contribution is -2.27.